The second-order valence-electron chi connectivity index (χ2n) is 11.0. The molecule has 3 N–H and O–H groups in total. The number of hydrogen-bond acceptors (Lipinski definition) is 5. The highest BCUT2D eigenvalue weighted by Gasteiger charge is 2.31. The highest BCUT2D eigenvalue weighted by Crippen LogP contribution is 2.30. The molecule has 0 bridgehead atoms. The Kier molecular flexibility index (Phi) is 11.6. The van der Waals surface area contributed by atoms with Crippen molar-refractivity contribution < 1.29 is 18.0 Å². The van der Waals surface area contributed by atoms with Crippen molar-refractivity contribution in [1.29, 1.82) is 0 Å². The Morgan fingerprint density at radius 2 is 1.82 bits per heavy atom. The molecule has 2 amide bonds. The van der Waals surface area contributed by atoms with E-state index in [9.17, 15) is 18.0 Å². The van der Waals surface area contributed by atoms with E-state index >= 15 is 0 Å². The largest absolute Gasteiger partial charge is 0.354 e. The maximum Gasteiger partial charge on any atom is 0.242 e. The van der Waals surface area contributed by atoms with Crippen molar-refractivity contribution in [2.75, 3.05) is 24.2 Å². The molecule has 39 heavy (non-hydrogen) atoms. The summed E-state index contributed by atoms with van der Waals surface area (Å²) in [5.74, 6) is 0.0993. The highest BCUT2D eigenvalue weighted by molar-refractivity contribution is 7.92. The fraction of sp³-hybridized carbons (Fsp3) is 0.600. The molecule has 4 atom stereocenters. The van der Waals surface area contributed by atoms with Crippen LogP contribution in [0.5, 0.6) is 0 Å². The minimum Gasteiger partial charge on any atom is -0.354 e. The molecular formula is C30H46N4O4S. The summed E-state index contributed by atoms with van der Waals surface area (Å²) < 4.78 is 26.8. The SMILES string of the molecule is CN[C@@H](C)C(=O)NC(C(=O)NCCCC(C)c1cccc(N(C2C=CC=CC2)S(C)(=O)=O)c1)C1CCCCC1. The van der Waals surface area contributed by atoms with Crippen LogP contribution in [0.15, 0.2) is 48.6 Å². The summed E-state index contributed by atoms with van der Waals surface area (Å²) in [5, 5.41) is 9.00. The molecule has 8 nitrogen and oxygen atoms in total. The van der Waals surface area contributed by atoms with E-state index in [0.717, 1.165) is 44.1 Å². The minimum atomic E-state index is -3.46. The molecule has 9 heteroatoms. The number of nitrogens with zero attached hydrogens (tertiary/aromatic N) is 1. The molecule has 1 aromatic carbocycles. The zero-order valence-corrected chi connectivity index (χ0v) is 24.7. The molecule has 0 saturated heterocycles. The third kappa shape index (κ3) is 8.93. The van der Waals surface area contributed by atoms with E-state index in [4.69, 9.17) is 0 Å². The van der Waals surface area contributed by atoms with E-state index in [1.807, 2.05) is 48.6 Å². The number of nitrogens with one attached hydrogen (secondary N) is 3. The summed E-state index contributed by atoms with van der Waals surface area (Å²) in [6.45, 7) is 4.44. The second kappa shape index (κ2) is 14.7. The van der Waals surface area contributed by atoms with Crippen LogP contribution < -0.4 is 20.3 Å². The van der Waals surface area contributed by atoms with Crippen LogP contribution in [-0.4, -0.2) is 58.2 Å². The predicted octanol–water partition coefficient (Wildman–Crippen LogP) is 4.01. The van der Waals surface area contributed by atoms with Gasteiger partial charge in [-0.3, -0.25) is 13.9 Å². The number of anilines is 1. The number of rotatable bonds is 13. The summed E-state index contributed by atoms with van der Waals surface area (Å²) in [6, 6.07) is 6.65. The lowest BCUT2D eigenvalue weighted by Crippen LogP contribution is -2.55. The van der Waals surface area contributed by atoms with Gasteiger partial charge in [0.2, 0.25) is 21.8 Å². The fourth-order valence-electron chi connectivity index (χ4n) is 5.51. The monoisotopic (exact) mass is 558 g/mol. The Hall–Kier alpha value is -2.65. The van der Waals surface area contributed by atoms with Crippen molar-refractivity contribution >= 4 is 27.5 Å². The van der Waals surface area contributed by atoms with E-state index in [2.05, 4.69) is 22.9 Å². The Morgan fingerprint density at radius 3 is 2.46 bits per heavy atom. The summed E-state index contributed by atoms with van der Waals surface area (Å²) >= 11 is 0. The van der Waals surface area contributed by atoms with Gasteiger partial charge in [0, 0.05) is 6.54 Å². The molecule has 3 rings (SSSR count). The summed E-state index contributed by atoms with van der Waals surface area (Å²) in [7, 11) is -1.72. The van der Waals surface area contributed by atoms with Gasteiger partial charge in [-0.15, -0.1) is 0 Å². The fourth-order valence-corrected chi connectivity index (χ4v) is 6.65. The zero-order chi connectivity index (χ0) is 28.4. The quantitative estimate of drug-likeness (QED) is 0.317. The van der Waals surface area contributed by atoms with Crippen LogP contribution in [0, 0.1) is 5.92 Å². The Labute approximate surface area is 234 Å². The highest BCUT2D eigenvalue weighted by atomic mass is 32.2. The van der Waals surface area contributed by atoms with Gasteiger partial charge in [-0.2, -0.15) is 0 Å². The van der Waals surface area contributed by atoms with Crippen molar-refractivity contribution in [2.45, 2.75) is 89.3 Å². The third-order valence-corrected chi connectivity index (χ3v) is 9.15. The van der Waals surface area contributed by atoms with E-state index in [-0.39, 0.29) is 35.7 Å². The van der Waals surface area contributed by atoms with Crippen molar-refractivity contribution in [1.82, 2.24) is 16.0 Å². The molecule has 2 aliphatic rings. The zero-order valence-electron chi connectivity index (χ0n) is 23.9. The molecule has 216 valence electrons. The lowest BCUT2D eigenvalue weighted by Gasteiger charge is -2.31. The maximum absolute atomic E-state index is 13.1. The first-order valence-electron chi connectivity index (χ1n) is 14.3. The van der Waals surface area contributed by atoms with Crippen LogP contribution in [0.25, 0.3) is 0 Å². The number of amides is 2. The van der Waals surface area contributed by atoms with Crippen molar-refractivity contribution in [3.05, 3.63) is 54.1 Å². The Bertz CT molecular complexity index is 1130. The van der Waals surface area contributed by atoms with Crippen molar-refractivity contribution in [3.63, 3.8) is 0 Å². The number of hydrogen-bond donors (Lipinski definition) is 3. The van der Waals surface area contributed by atoms with E-state index < -0.39 is 16.1 Å². The molecule has 0 heterocycles. The molecule has 0 aliphatic heterocycles. The van der Waals surface area contributed by atoms with Crippen molar-refractivity contribution in [3.8, 4) is 0 Å². The van der Waals surface area contributed by atoms with Gasteiger partial charge in [0.25, 0.3) is 0 Å². The molecule has 1 saturated carbocycles. The van der Waals surface area contributed by atoms with Crippen molar-refractivity contribution in [2.24, 2.45) is 5.92 Å². The van der Waals surface area contributed by atoms with Crippen LogP contribution in [0.2, 0.25) is 0 Å². The Balaban J connectivity index is 1.58. The summed E-state index contributed by atoms with van der Waals surface area (Å²) in [4.78, 5) is 25.7. The van der Waals surface area contributed by atoms with Gasteiger partial charge in [-0.25, -0.2) is 8.42 Å². The predicted molar refractivity (Wildman–Crippen MR) is 158 cm³/mol. The number of carbonyl (C=O) groups excluding carboxylic acids is 2. The van der Waals surface area contributed by atoms with Crippen LogP contribution in [0.1, 0.15) is 76.7 Å². The second-order valence-corrected chi connectivity index (χ2v) is 12.9. The van der Waals surface area contributed by atoms with Gasteiger partial charge in [0.15, 0.2) is 0 Å². The van der Waals surface area contributed by atoms with E-state index in [1.54, 1.807) is 14.0 Å². The molecule has 0 spiro atoms. The molecular weight excluding hydrogens is 512 g/mol. The average Bonchev–Trinajstić information content (AvgIpc) is 2.93. The lowest BCUT2D eigenvalue weighted by molar-refractivity contribution is -0.131. The first-order valence-corrected chi connectivity index (χ1v) is 16.1. The van der Waals surface area contributed by atoms with E-state index in [1.165, 1.54) is 17.0 Å². The molecule has 2 aliphatic carbocycles. The normalized spacial score (nSPS) is 20.2. The van der Waals surface area contributed by atoms with Gasteiger partial charge in [0.1, 0.15) is 6.04 Å². The number of allylic oxidation sites excluding steroid dienone is 2. The van der Waals surface area contributed by atoms with Gasteiger partial charge in [0.05, 0.1) is 24.0 Å². The third-order valence-electron chi connectivity index (χ3n) is 7.95. The standard InChI is InChI=1S/C30H46N4O4S/c1-22(25-16-11-19-27(21-25)34(39(4,37)38)26-17-9-6-10-18-26)13-12-20-32-30(36)28(24-14-7-5-8-15-24)33-29(35)23(2)31-3/h6,9-11,16-17,19,21-24,26,28,31H,5,7-8,12-15,18,20H2,1-4H3,(H,32,36)(H,33,35)/t22?,23-,26?,28?/m0/s1. The van der Waals surface area contributed by atoms with Gasteiger partial charge in [-0.05, 0) is 75.6 Å². The van der Waals surface area contributed by atoms with Gasteiger partial charge >= 0.3 is 0 Å². The number of carbonyl (C=O) groups is 2. The molecule has 0 radical (unpaired) electrons. The first kappa shape index (κ1) is 30.9. The summed E-state index contributed by atoms with van der Waals surface area (Å²) in [6.07, 6.45) is 16.5. The van der Waals surface area contributed by atoms with E-state index in [0.29, 0.717) is 18.7 Å². The first-order chi connectivity index (χ1) is 18.6. The van der Waals surface area contributed by atoms with Gasteiger partial charge in [-0.1, -0.05) is 62.6 Å². The lowest BCUT2D eigenvalue weighted by atomic mass is 9.83. The topological polar surface area (TPSA) is 108 Å². The average molecular weight is 559 g/mol. The smallest absolute Gasteiger partial charge is 0.242 e. The summed E-state index contributed by atoms with van der Waals surface area (Å²) in [5.41, 5.74) is 1.73. The number of benzene rings is 1. The molecule has 3 unspecified atom stereocenters. The Morgan fingerprint density at radius 1 is 1.08 bits per heavy atom. The minimum absolute atomic E-state index is 0.105. The van der Waals surface area contributed by atoms with Gasteiger partial charge < -0.3 is 16.0 Å². The molecule has 0 aromatic heterocycles. The number of sulfonamides is 1. The van der Waals surface area contributed by atoms with Crippen LogP contribution in [0.4, 0.5) is 5.69 Å². The molecule has 1 aromatic rings. The number of likely N-dealkylation sites (N-methyl/N-ethyl adjacent to an activating group) is 1. The van der Waals surface area contributed by atoms with Crippen LogP contribution in [0.3, 0.4) is 0 Å². The van der Waals surface area contributed by atoms with Crippen LogP contribution >= 0.6 is 0 Å². The maximum atomic E-state index is 13.1. The molecule has 1 fully saturated rings. The van der Waals surface area contributed by atoms with Crippen LogP contribution in [-0.2, 0) is 19.6 Å².